The molecule has 8 heteroatoms. The largest absolute Gasteiger partial charge is 0.493 e. The number of hydrogen-bond donors (Lipinski definition) is 0. The monoisotopic (exact) mass is 427 g/mol. The van der Waals surface area contributed by atoms with Crippen LogP contribution < -0.4 is 9.47 Å². The van der Waals surface area contributed by atoms with E-state index >= 15 is 0 Å². The molecule has 2 saturated heterocycles. The third-order valence-corrected chi connectivity index (χ3v) is 6.34. The Bertz CT molecular complexity index is 966. The summed E-state index contributed by atoms with van der Waals surface area (Å²) in [5, 5.41) is 0. The van der Waals surface area contributed by atoms with Gasteiger partial charge in [-0.05, 0) is 31.2 Å². The molecule has 3 aliphatic rings. The van der Waals surface area contributed by atoms with Crippen LogP contribution in [0.25, 0.3) is 0 Å². The van der Waals surface area contributed by atoms with E-state index in [1.54, 1.807) is 6.07 Å². The van der Waals surface area contributed by atoms with Crippen molar-refractivity contribution in [3.05, 3.63) is 53.5 Å². The van der Waals surface area contributed by atoms with Crippen molar-refractivity contribution in [3.63, 3.8) is 0 Å². The summed E-state index contributed by atoms with van der Waals surface area (Å²) < 4.78 is 31.5. The molecule has 0 bridgehead atoms. The van der Waals surface area contributed by atoms with Gasteiger partial charge < -0.3 is 24.0 Å². The highest BCUT2D eigenvalue weighted by Crippen LogP contribution is 2.48. The lowest BCUT2D eigenvalue weighted by molar-refractivity contribution is 0.0395. The van der Waals surface area contributed by atoms with Gasteiger partial charge in [-0.3, -0.25) is 0 Å². The fraction of sp³-hybridized carbons (Fsp3) is 0.478. The number of morpholine rings is 1. The summed E-state index contributed by atoms with van der Waals surface area (Å²) in [4.78, 5) is 21.5. The molecule has 1 aromatic heterocycles. The number of likely N-dealkylation sites (tertiary alicyclic amines) is 1. The zero-order valence-corrected chi connectivity index (χ0v) is 17.5. The Hall–Kier alpha value is -2.87. The average molecular weight is 427 g/mol. The maximum absolute atomic E-state index is 14.1. The third-order valence-electron chi connectivity index (χ3n) is 6.34. The molecule has 1 aromatic carbocycles. The topological polar surface area (TPSA) is 64.1 Å². The van der Waals surface area contributed by atoms with Crippen molar-refractivity contribution < 1.29 is 23.4 Å². The van der Waals surface area contributed by atoms with Gasteiger partial charge in [0.25, 0.3) is 0 Å². The molecule has 3 atom stereocenters. The SMILES string of the molecule is Cc1cccc(OC[C@@H]2CN(C(=O)N3CCOCC3)[C@H]3c4cc(F)ccc4OC[C@@H]23)n1. The Morgan fingerprint density at radius 2 is 2.10 bits per heavy atom. The third kappa shape index (κ3) is 3.92. The first kappa shape index (κ1) is 20.1. The number of benzene rings is 1. The van der Waals surface area contributed by atoms with Crippen molar-refractivity contribution in [2.75, 3.05) is 46.1 Å². The highest BCUT2D eigenvalue weighted by atomic mass is 19.1. The van der Waals surface area contributed by atoms with Gasteiger partial charge in [0.15, 0.2) is 0 Å². The smallest absolute Gasteiger partial charge is 0.320 e. The van der Waals surface area contributed by atoms with Crippen LogP contribution in [0.5, 0.6) is 11.6 Å². The van der Waals surface area contributed by atoms with Crippen LogP contribution in [-0.4, -0.2) is 66.9 Å². The second kappa shape index (κ2) is 8.34. The molecule has 4 heterocycles. The van der Waals surface area contributed by atoms with E-state index in [0.717, 1.165) is 11.3 Å². The summed E-state index contributed by atoms with van der Waals surface area (Å²) in [5.74, 6) is 0.949. The van der Waals surface area contributed by atoms with Gasteiger partial charge in [-0.2, -0.15) is 0 Å². The molecule has 31 heavy (non-hydrogen) atoms. The minimum Gasteiger partial charge on any atom is -0.493 e. The molecule has 0 unspecified atom stereocenters. The standard InChI is InChI=1S/C23H26FN3O4/c1-15-3-2-4-21(25-15)31-13-16-12-27(23(28)26-7-9-29-10-8-26)22-18-11-17(24)5-6-20(18)30-14-19(16)22/h2-6,11,16,19,22H,7-10,12-14H2,1H3/t16-,19-,22-/m0/s1. The predicted molar refractivity (Wildman–Crippen MR) is 111 cm³/mol. The van der Waals surface area contributed by atoms with Crippen molar-refractivity contribution in [2.24, 2.45) is 11.8 Å². The molecule has 7 nitrogen and oxygen atoms in total. The maximum Gasteiger partial charge on any atom is 0.320 e. The average Bonchev–Trinajstić information content (AvgIpc) is 3.17. The number of amides is 2. The quantitative estimate of drug-likeness (QED) is 0.754. The Kier molecular flexibility index (Phi) is 5.40. The van der Waals surface area contributed by atoms with Gasteiger partial charge in [0.1, 0.15) is 11.6 Å². The summed E-state index contributed by atoms with van der Waals surface area (Å²) >= 11 is 0. The highest BCUT2D eigenvalue weighted by Gasteiger charge is 2.49. The fourth-order valence-electron chi connectivity index (χ4n) is 4.78. The first-order valence-corrected chi connectivity index (χ1v) is 10.7. The van der Waals surface area contributed by atoms with Crippen LogP contribution in [0.1, 0.15) is 17.3 Å². The number of halogens is 1. The zero-order valence-electron chi connectivity index (χ0n) is 17.5. The Labute approximate surface area is 180 Å². The number of aromatic nitrogens is 1. The number of hydrogen-bond acceptors (Lipinski definition) is 5. The van der Waals surface area contributed by atoms with Crippen LogP contribution in [0.4, 0.5) is 9.18 Å². The Morgan fingerprint density at radius 1 is 1.26 bits per heavy atom. The second-order valence-corrected chi connectivity index (χ2v) is 8.32. The van der Waals surface area contributed by atoms with Crippen LogP contribution in [0.15, 0.2) is 36.4 Å². The summed E-state index contributed by atoms with van der Waals surface area (Å²) in [6.07, 6.45) is 0. The molecule has 0 saturated carbocycles. The molecule has 0 aliphatic carbocycles. The fourth-order valence-corrected chi connectivity index (χ4v) is 4.78. The molecule has 0 radical (unpaired) electrons. The predicted octanol–water partition coefficient (Wildman–Crippen LogP) is 3.04. The van der Waals surface area contributed by atoms with E-state index in [1.807, 2.05) is 34.9 Å². The first-order chi connectivity index (χ1) is 15.1. The van der Waals surface area contributed by atoms with Gasteiger partial charge >= 0.3 is 6.03 Å². The lowest BCUT2D eigenvalue weighted by atomic mass is 9.85. The molecule has 0 spiro atoms. The zero-order chi connectivity index (χ0) is 21.4. The number of rotatable bonds is 3. The first-order valence-electron chi connectivity index (χ1n) is 10.7. The van der Waals surface area contributed by atoms with Gasteiger partial charge in [-0.25, -0.2) is 14.2 Å². The molecule has 5 rings (SSSR count). The molecule has 164 valence electrons. The van der Waals surface area contributed by atoms with Crippen molar-refractivity contribution >= 4 is 6.03 Å². The van der Waals surface area contributed by atoms with E-state index in [1.165, 1.54) is 12.1 Å². The van der Waals surface area contributed by atoms with Crippen LogP contribution in [-0.2, 0) is 4.74 Å². The lowest BCUT2D eigenvalue weighted by Gasteiger charge is -2.37. The van der Waals surface area contributed by atoms with E-state index < -0.39 is 0 Å². The van der Waals surface area contributed by atoms with Crippen LogP contribution in [0, 0.1) is 24.6 Å². The minimum atomic E-state index is -0.328. The van der Waals surface area contributed by atoms with E-state index in [4.69, 9.17) is 14.2 Å². The van der Waals surface area contributed by atoms with Gasteiger partial charge in [-0.15, -0.1) is 0 Å². The van der Waals surface area contributed by atoms with Gasteiger partial charge in [0.2, 0.25) is 5.88 Å². The maximum atomic E-state index is 14.1. The number of carbonyl (C=O) groups is 1. The minimum absolute atomic E-state index is 0.0177. The second-order valence-electron chi connectivity index (χ2n) is 8.32. The van der Waals surface area contributed by atoms with Crippen LogP contribution in [0.2, 0.25) is 0 Å². The molecule has 2 amide bonds. The number of aryl methyl sites for hydroxylation is 1. The molecule has 3 aliphatic heterocycles. The van der Waals surface area contributed by atoms with Crippen molar-refractivity contribution in [3.8, 4) is 11.6 Å². The van der Waals surface area contributed by atoms with Crippen LogP contribution in [0.3, 0.4) is 0 Å². The van der Waals surface area contributed by atoms with Gasteiger partial charge in [0.05, 0.1) is 32.5 Å². The van der Waals surface area contributed by atoms with Gasteiger partial charge in [-0.1, -0.05) is 6.07 Å². The number of pyridine rings is 1. The van der Waals surface area contributed by atoms with E-state index in [0.29, 0.717) is 57.7 Å². The normalized spacial score (nSPS) is 24.9. The van der Waals surface area contributed by atoms with Crippen molar-refractivity contribution in [1.82, 2.24) is 14.8 Å². The highest BCUT2D eigenvalue weighted by molar-refractivity contribution is 5.76. The Morgan fingerprint density at radius 3 is 2.90 bits per heavy atom. The number of urea groups is 1. The summed E-state index contributed by atoms with van der Waals surface area (Å²) in [7, 11) is 0. The molecule has 0 N–H and O–H groups in total. The molecular formula is C23H26FN3O4. The summed E-state index contributed by atoms with van der Waals surface area (Å²) in [5.41, 5.74) is 1.62. The molecule has 2 aromatic rings. The summed E-state index contributed by atoms with van der Waals surface area (Å²) in [6.45, 7) is 5.52. The van der Waals surface area contributed by atoms with Crippen LogP contribution >= 0.6 is 0 Å². The number of carbonyl (C=O) groups excluding carboxylic acids is 1. The molecule has 2 fully saturated rings. The number of ether oxygens (including phenoxy) is 3. The van der Waals surface area contributed by atoms with Crippen molar-refractivity contribution in [2.45, 2.75) is 13.0 Å². The number of nitrogens with zero attached hydrogens (tertiary/aromatic N) is 3. The van der Waals surface area contributed by atoms with Gasteiger partial charge in [0, 0.05) is 48.8 Å². The lowest BCUT2D eigenvalue weighted by Crippen LogP contribution is -2.48. The summed E-state index contributed by atoms with van der Waals surface area (Å²) in [6, 6.07) is 9.93. The number of fused-ring (bicyclic) bond motifs is 3. The van der Waals surface area contributed by atoms with E-state index in [9.17, 15) is 9.18 Å². The Balaban J connectivity index is 1.42. The van der Waals surface area contributed by atoms with E-state index in [2.05, 4.69) is 4.98 Å². The van der Waals surface area contributed by atoms with Crippen molar-refractivity contribution in [1.29, 1.82) is 0 Å². The van der Waals surface area contributed by atoms with E-state index in [-0.39, 0.29) is 29.7 Å². The molecular weight excluding hydrogens is 401 g/mol.